The van der Waals surface area contributed by atoms with Gasteiger partial charge >= 0.3 is 109 Å². The molecule has 19 heavy (non-hydrogen) atoms. The van der Waals surface area contributed by atoms with Crippen molar-refractivity contribution in [1.29, 1.82) is 0 Å². The Kier molecular flexibility index (Phi) is 3.47. The van der Waals surface area contributed by atoms with Crippen LogP contribution in [0.5, 0.6) is 0 Å². The topological polar surface area (TPSA) is 34.1 Å². The second-order valence-electron chi connectivity index (χ2n) is 3.84. The van der Waals surface area contributed by atoms with E-state index in [2.05, 4.69) is 0 Å². The summed E-state index contributed by atoms with van der Waals surface area (Å²) in [6.45, 7) is 0. The molecule has 0 N–H and O–H groups in total. The molecular formula is C13H9F3O2Se. The molecule has 0 saturated heterocycles. The standard InChI is InChI=1S/C13H9F3O2Se/c14-13(15,16)10-6-8-12(9-7-10)19(17,18)11-4-2-1-3-5-11/h1-9H. The molecule has 0 amide bonds. The molecule has 0 aromatic heterocycles. The monoisotopic (exact) mass is 334 g/mol. The zero-order valence-electron chi connectivity index (χ0n) is 9.55. The van der Waals surface area contributed by atoms with Gasteiger partial charge in [-0.1, -0.05) is 0 Å². The first kappa shape index (κ1) is 13.8. The molecule has 0 bridgehead atoms. The molecule has 0 atom stereocenters. The van der Waals surface area contributed by atoms with Gasteiger partial charge in [0.2, 0.25) is 0 Å². The van der Waals surface area contributed by atoms with E-state index in [1.807, 2.05) is 0 Å². The maximum atomic E-state index is 12.4. The Labute approximate surface area is 109 Å². The van der Waals surface area contributed by atoms with Gasteiger partial charge in [-0.25, -0.2) is 0 Å². The van der Waals surface area contributed by atoms with Crippen molar-refractivity contribution in [1.82, 2.24) is 0 Å². The summed E-state index contributed by atoms with van der Waals surface area (Å²) < 4.78 is 61.6. The van der Waals surface area contributed by atoms with Crippen molar-refractivity contribution in [2.45, 2.75) is 6.18 Å². The van der Waals surface area contributed by atoms with Crippen molar-refractivity contribution in [3.63, 3.8) is 0 Å². The third-order valence-electron chi connectivity index (χ3n) is 2.55. The summed E-state index contributed by atoms with van der Waals surface area (Å²) in [5.41, 5.74) is -0.864. The number of hydrogen-bond acceptors (Lipinski definition) is 2. The molecule has 0 fully saturated rings. The van der Waals surface area contributed by atoms with Gasteiger partial charge in [0, 0.05) is 0 Å². The summed E-state index contributed by atoms with van der Waals surface area (Å²) in [5, 5.41) is 0. The van der Waals surface area contributed by atoms with Crippen LogP contribution in [0.25, 0.3) is 0 Å². The van der Waals surface area contributed by atoms with Gasteiger partial charge in [-0.3, -0.25) is 0 Å². The van der Waals surface area contributed by atoms with E-state index in [4.69, 9.17) is 0 Å². The van der Waals surface area contributed by atoms with Gasteiger partial charge in [-0.15, -0.1) is 0 Å². The molecular weight excluding hydrogens is 324 g/mol. The molecule has 0 unspecified atom stereocenters. The minimum absolute atomic E-state index is 0.0875. The van der Waals surface area contributed by atoms with E-state index in [0.717, 1.165) is 24.3 Å². The predicted octanol–water partition coefficient (Wildman–Crippen LogP) is 2.12. The van der Waals surface area contributed by atoms with Crippen LogP contribution in [0.4, 0.5) is 13.2 Å². The van der Waals surface area contributed by atoms with Crippen LogP contribution in [0.1, 0.15) is 5.56 Å². The zero-order chi connectivity index (χ0) is 14.1. The number of hydrogen-bond donors (Lipinski definition) is 0. The Morgan fingerprint density at radius 3 is 1.68 bits per heavy atom. The van der Waals surface area contributed by atoms with Crippen LogP contribution >= 0.6 is 0 Å². The van der Waals surface area contributed by atoms with E-state index in [-0.39, 0.29) is 8.92 Å². The molecule has 0 heterocycles. The Balaban J connectivity index is 2.43. The molecule has 100 valence electrons. The van der Waals surface area contributed by atoms with Gasteiger partial charge < -0.3 is 0 Å². The summed E-state index contributed by atoms with van der Waals surface area (Å²) in [7, 11) is 0. The molecule has 0 aliphatic carbocycles. The van der Waals surface area contributed by atoms with Crippen LogP contribution in [0.2, 0.25) is 0 Å². The van der Waals surface area contributed by atoms with Gasteiger partial charge in [0.25, 0.3) is 0 Å². The molecule has 2 aromatic rings. The van der Waals surface area contributed by atoms with Gasteiger partial charge in [-0.2, -0.15) is 0 Å². The van der Waals surface area contributed by atoms with Gasteiger partial charge in [0.15, 0.2) is 0 Å². The Hall–Kier alpha value is -1.65. The molecule has 0 saturated carbocycles. The van der Waals surface area contributed by atoms with Gasteiger partial charge in [-0.05, 0) is 0 Å². The van der Waals surface area contributed by atoms with Crippen molar-refractivity contribution < 1.29 is 20.8 Å². The van der Waals surface area contributed by atoms with Crippen molar-refractivity contribution in [2.24, 2.45) is 0 Å². The summed E-state index contributed by atoms with van der Waals surface area (Å²) in [5.74, 6) is 0. The number of alkyl halides is 3. The SMILES string of the molecule is O=[Se](=O)(c1ccccc1)c1ccc(C(F)(F)F)cc1. The molecule has 2 aromatic carbocycles. The van der Waals surface area contributed by atoms with Crippen molar-refractivity contribution in [3.8, 4) is 0 Å². The second-order valence-corrected chi connectivity index (χ2v) is 7.93. The summed E-state index contributed by atoms with van der Waals surface area (Å²) in [6.07, 6.45) is -4.47. The average molecular weight is 333 g/mol. The number of rotatable bonds is 2. The summed E-state index contributed by atoms with van der Waals surface area (Å²) >= 11 is -4.60. The maximum absolute atomic E-state index is 12.4. The second kappa shape index (κ2) is 4.79. The Morgan fingerprint density at radius 2 is 1.21 bits per heavy atom. The number of halogens is 3. The molecule has 0 aliphatic heterocycles. The van der Waals surface area contributed by atoms with E-state index < -0.39 is 24.4 Å². The van der Waals surface area contributed by atoms with Gasteiger partial charge in [0.05, 0.1) is 0 Å². The third-order valence-corrected chi connectivity index (χ3v) is 6.29. The van der Waals surface area contributed by atoms with Crippen molar-refractivity contribution in [3.05, 3.63) is 60.2 Å². The first-order valence-corrected chi connectivity index (χ1v) is 8.40. The van der Waals surface area contributed by atoms with Crippen molar-refractivity contribution >= 4 is 21.6 Å². The molecule has 2 nitrogen and oxygen atoms in total. The van der Waals surface area contributed by atoms with Crippen LogP contribution < -0.4 is 8.92 Å². The van der Waals surface area contributed by atoms with Crippen LogP contribution in [0, 0.1) is 0 Å². The van der Waals surface area contributed by atoms with Crippen LogP contribution in [-0.2, 0) is 13.8 Å². The third kappa shape index (κ3) is 2.85. The molecule has 6 heteroatoms. The Morgan fingerprint density at radius 1 is 0.737 bits per heavy atom. The van der Waals surface area contributed by atoms with E-state index in [1.165, 1.54) is 12.1 Å². The van der Waals surface area contributed by atoms with E-state index in [1.54, 1.807) is 18.2 Å². The van der Waals surface area contributed by atoms with Crippen molar-refractivity contribution in [2.75, 3.05) is 0 Å². The van der Waals surface area contributed by atoms with Crippen LogP contribution in [-0.4, -0.2) is 12.7 Å². The molecule has 0 aliphatic rings. The van der Waals surface area contributed by atoms with Crippen LogP contribution in [0.3, 0.4) is 0 Å². The minimum atomic E-state index is -4.60. The first-order valence-electron chi connectivity index (χ1n) is 5.29. The average Bonchev–Trinajstić information content (AvgIpc) is 2.39. The Bertz CT molecular complexity index is 659. The fraction of sp³-hybridized carbons (Fsp3) is 0.0769. The summed E-state index contributed by atoms with van der Waals surface area (Å²) in [6, 6.07) is 11.2. The van der Waals surface area contributed by atoms with Crippen LogP contribution in [0.15, 0.2) is 54.6 Å². The van der Waals surface area contributed by atoms with Gasteiger partial charge in [0.1, 0.15) is 0 Å². The number of benzene rings is 2. The molecule has 2 rings (SSSR count). The van der Waals surface area contributed by atoms with E-state index in [9.17, 15) is 20.8 Å². The van der Waals surface area contributed by atoms with E-state index in [0.29, 0.717) is 0 Å². The molecule has 0 radical (unpaired) electrons. The predicted molar refractivity (Wildman–Crippen MR) is 64.3 cm³/mol. The molecule has 0 spiro atoms. The summed E-state index contributed by atoms with van der Waals surface area (Å²) in [4.78, 5) is 0. The van der Waals surface area contributed by atoms with E-state index >= 15 is 0 Å². The fourth-order valence-corrected chi connectivity index (χ4v) is 4.25. The normalized spacial score (nSPS) is 12.4. The zero-order valence-corrected chi connectivity index (χ0v) is 11.3. The first-order chi connectivity index (χ1) is 8.82. The quantitative estimate of drug-likeness (QED) is 0.789. The fourth-order valence-electron chi connectivity index (χ4n) is 1.56.